The van der Waals surface area contributed by atoms with Gasteiger partial charge in [0.25, 0.3) is 0 Å². The van der Waals surface area contributed by atoms with E-state index in [2.05, 4.69) is 20.6 Å². The molecular weight excluding hydrogens is 446 g/mol. The fourth-order valence-corrected chi connectivity index (χ4v) is 5.04. The van der Waals surface area contributed by atoms with E-state index in [4.69, 9.17) is 9.72 Å². The Morgan fingerprint density at radius 3 is 2.70 bits per heavy atom. The molecule has 4 rings (SSSR count). The molecule has 11 heteroatoms. The predicted octanol–water partition coefficient (Wildman–Crippen LogP) is 1.55. The van der Waals surface area contributed by atoms with Crippen LogP contribution in [0.4, 0.5) is 11.8 Å². The second-order valence-corrected chi connectivity index (χ2v) is 9.05. The number of aliphatic hydroxyl groups is 3. The minimum atomic E-state index is -1.05. The van der Waals surface area contributed by atoms with E-state index in [9.17, 15) is 20.1 Å². The van der Waals surface area contributed by atoms with Crippen LogP contribution in [0.5, 0.6) is 0 Å². The molecule has 1 aromatic carbocycles. The van der Waals surface area contributed by atoms with Crippen molar-refractivity contribution in [2.24, 2.45) is 5.92 Å². The van der Waals surface area contributed by atoms with Crippen LogP contribution in [0.15, 0.2) is 24.3 Å². The molecule has 0 radical (unpaired) electrons. The molecule has 0 saturated heterocycles. The first-order valence-corrected chi connectivity index (χ1v) is 11.5. The Hall–Kier alpha value is -2.86. The number of thiazole rings is 1. The van der Waals surface area contributed by atoms with Gasteiger partial charge in [0.1, 0.15) is 23.5 Å². The number of carbonyl (C=O) groups is 1. The van der Waals surface area contributed by atoms with Crippen molar-refractivity contribution >= 4 is 39.3 Å². The summed E-state index contributed by atoms with van der Waals surface area (Å²) in [4.78, 5) is 24.9. The van der Waals surface area contributed by atoms with Crippen LogP contribution >= 0.6 is 11.3 Å². The van der Waals surface area contributed by atoms with E-state index in [-0.39, 0.29) is 19.2 Å². The molecular formula is C22H27N5O5S. The standard InChI is InChI=1S/C22H27N5O5S/c1-11-17(21-26-14-5-3-4-6-16(14)33-21)20(25-15-9-13(10-28)18(30)19(15)31)27-22(24-11)23-7-8-32-12(2)29/h3-6,13,15,18-19,28,30-31H,7-10H2,1-2H3,(H2,23,24,25,27)/t13-,15-,18-,19+/m1/s1. The third kappa shape index (κ3) is 5.06. The number of hydrogen-bond donors (Lipinski definition) is 5. The van der Waals surface area contributed by atoms with Gasteiger partial charge in [-0.1, -0.05) is 12.1 Å². The molecule has 1 aliphatic carbocycles. The van der Waals surface area contributed by atoms with Gasteiger partial charge in [-0.25, -0.2) is 9.97 Å². The number of aryl methyl sites for hydroxylation is 1. The number of fused-ring (bicyclic) bond motifs is 1. The van der Waals surface area contributed by atoms with Crippen molar-refractivity contribution in [3.8, 4) is 10.6 Å². The highest BCUT2D eigenvalue weighted by Gasteiger charge is 2.41. The van der Waals surface area contributed by atoms with Crippen molar-refractivity contribution in [3.63, 3.8) is 0 Å². The maximum atomic E-state index is 11.0. The molecule has 2 aromatic heterocycles. The van der Waals surface area contributed by atoms with E-state index in [1.807, 2.05) is 31.2 Å². The number of benzene rings is 1. The number of nitrogens with one attached hydrogen (secondary N) is 2. The van der Waals surface area contributed by atoms with Crippen molar-refractivity contribution in [2.75, 3.05) is 30.4 Å². The highest BCUT2D eigenvalue weighted by molar-refractivity contribution is 7.21. The first-order chi connectivity index (χ1) is 15.9. The molecule has 1 saturated carbocycles. The molecule has 10 nitrogen and oxygen atoms in total. The van der Waals surface area contributed by atoms with E-state index < -0.39 is 24.2 Å². The van der Waals surface area contributed by atoms with Crippen molar-refractivity contribution in [1.82, 2.24) is 15.0 Å². The zero-order valence-corrected chi connectivity index (χ0v) is 19.2. The lowest BCUT2D eigenvalue weighted by Gasteiger charge is -2.21. The van der Waals surface area contributed by atoms with Gasteiger partial charge in [-0.2, -0.15) is 4.98 Å². The number of esters is 1. The maximum absolute atomic E-state index is 11.0. The average molecular weight is 474 g/mol. The molecule has 0 aliphatic heterocycles. The normalized spacial score (nSPS) is 22.5. The van der Waals surface area contributed by atoms with Crippen LogP contribution in [0, 0.1) is 12.8 Å². The van der Waals surface area contributed by atoms with Crippen molar-refractivity contribution in [1.29, 1.82) is 0 Å². The molecule has 1 fully saturated rings. The lowest BCUT2D eigenvalue weighted by Crippen LogP contribution is -2.35. The molecule has 33 heavy (non-hydrogen) atoms. The first-order valence-electron chi connectivity index (χ1n) is 10.7. The summed E-state index contributed by atoms with van der Waals surface area (Å²) in [7, 11) is 0. The Balaban J connectivity index is 1.67. The predicted molar refractivity (Wildman–Crippen MR) is 125 cm³/mol. The highest BCUT2D eigenvalue weighted by atomic mass is 32.1. The van der Waals surface area contributed by atoms with Crippen LogP contribution in [0.2, 0.25) is 0 Å². The monoisotopic (exact) mass is 473 g/mol. The summed E-state index contributed by atoms with van der Waals surface area (Å²) in [6.45, 7) is 3.48. The fraction of sp³-hybridized carbons (Fsp3) is 0.455. The number of aliphatic hydroxyl groups excluding tert-OH is 3. The van der Waals surface area contributed by atoms with Gasteiger partial charge in [0.15, 0.2) is 0 Å². The summed E-state index contributed by atoms with van der Waals surface area (Å²) in [6.07, 6.45) is -1.69. The van der Waals surface area contributed by atoms with Gasteiger partial charge >= 0.3 is 5.97 Å². The van der Waals surface area contributed by atoms with Crippen LogP contribution in [-0.2, 0) is 9.53 Å². The van der Waals surface area contributed by atoms with Crippen molar-refractivity contribution in [2.45, 2.75) is 38.5 Å². The minimum absolute atomic E-state index is 0.172. The molecule has 0 bridgehead atoms. The fourth-order valence-electron chi connectivity index (χ4n) is 3.97. The molecule has 4 atom stereocenters. The summed E-state index contributed by atoms with van der Waals surface area (Å²) in [5, 5.41) is 37.3. The number of anilines is 2. The minimum Gasteiger partial charge on any atom is -0.464 e. The van der Waals surface area contributed by atoms with E-state index >= 15 is 0 Å². The quantitative estimate of drug-likeness (QED) is 0.241. The zero-order valence-electron chi connectivity index (χ0n) is 18.4. The number of rotatable bonds is 8. The molecule has 1 aliphatic rings. The SMILES string of the molecule is CC(=O)OCCNc1nc(C)c(-c2nc3ccccc3s2)c(N[C@@H]2C[C@H](CO)[C@@H](O)[C@H]2O)n1. The van der Waals surface area contributed by atoms with E-state index in [0.717, 1.165) is 15.2 Å². The molecule has 0 unspecified atom stereocenters. The Labute approximate surface area is 194 Å². The third-order valence-electron chi connectivity index (χ3n) is 5.65. The van der Waals surface area contributed by atoms with Gasteiger partial charge < -0.3 is 30.7 Å². The van der Waals surface area contributed by atoms with Crippen LogP contribution < -0.4 is 10.6 Å². The van der Waals surface area contributed by atoms with Gasteiger partial charge in [0.2, 0.25) is 5.95 Å². The maximum Gasteiger partial charge on any atom is 0.302 e. The van der Waals surface area contributed by atoms with Crippen molar-refractivity contribution in [3.05, 3.63) is 30.0 Å². The molecule has 0 spiro atoms. The molecule has 5 N–H and O–H groups in total. The summed E-state index contributed by atoms with van der Waals surface area (Å²) in [5.74, 6) is 0.00690. The van der Waals surface area contributed by atoms with Crippen LogP contribution in [0.25, 0.3) is 20.8 Å². The van der Waals surface area contributed by atoms with Crippen LogP contribution in [0.3, 0.4) is 0 Å². The number of ether oxygens (including phenoxy) is 1. The second kappa shape index (κ2) is 9.96. The third-order valence-corrected chi connectivity index (χ3v) is 6.70. The van der Waals surface area contributed by atoms with Crippen LogP contribution in [0.1, 0.15) is 19.0 Å². The molecule has 3 aromatic rings. The summed E-state index contributed by atoms with van der Waals surface area (Å²) in [6, 6.07) is 7.30. The number of carbonyl (C=O) groups excluding carboxylic acids is 1. The Morgan fingerprint density at radius 1 is 1.21 bits per heavy atom. The summed E-state index contributed by atoms with van der Waals surface area (Å²) in [5.41, 5.74) is 2.24. The summed E-state index contributed by atoms with van der Waals surface area (Å²) < 4.78 is 5.97. The van der Waals surface area contributed by atoms with Gasteiger partial charge in [-0.15, -0.1) is 11.3 Å². The molecule has 0 amide bonds. The van der Waals surface area contributed by atoms with Crippen LogP contribution in [-0.4, -0.2) is 74.2 Å². The lowest BCUT2D eigenvalue weighted by atomic mass is 10.1. The first kappa shape index (κ1) is 23.3. The van der Waals surface area contributed by atoms with Crippen molar-refractivity contribution < 1.29 is 24.9 Å². The van der Waals surface area contributed by atoms with Gasteiger partial charge in [0, 0.05) is 19.4 Å². The second-order valence-electron chi connectivity index (χ2n) is 8.02. The Morgan fingerprint density at radius 2 is 2.00 bits per heavy atom. The van der Waals surface area contributed by atoms with Gasteiger partial charge in [-0.3, -0.25) is 4.79 Å². The van der Waals surface area contributed by atoms with E-state index in [0.29, 0.717) is 36.0 Å². The lowest BCUT2D eigenvalue weighted by molar-refractivity contribution is -0.140. The Kier molecular flexibility index (Phi) is 7.03. The van der Waals surface area contributed by atoms with E-state index in [1.165, 1.54) is 18.3 Å². The molecule has 2 heterocycles. The number of para-hydroxylation sites is 1. The number of aromatic nitrogens is 3. The number of hydrogen-bond acceptors (Lipinski definition) is 11. The topological polar surface area (TPSA) is 150 Å². The average Bonchev–Trinajstić information content (AvgIpc) is 3.32. The largest absolute Gasteiger partial charge is 0.464 e. The van der Waals surface area contributed by atoms with Gasteiger partial charge in [0.05, 0.1) is 40.2 Å². The van der Waals surface area contributed by atoms with Gasteiger partial charge in [-0.05, 0) is 25.5 Å². The number of nitrogens with zero attached hydrogens (tertiary/aromatic N) is 3. The zero-order chi connectivity index (χ0) is 23.5. The van der Waals surface area contributed by atoms with E-state index in [1.54, 1.807) is 0 Å². The highest BCUT2D eigenvalue weighted by Crippen LogP contribution is 2.38. The summed E-state index contributed by atoms with van der Waals surface area (Å²) >= 11 is 1.51. The Bertz CT molecular complexity index is 1110. The smallest absolute Gasteiger partial charge is 0.302 e. The molecule has 176 valence electrons.